The average molecular weight is 368 g/mol. The van der Waals surface area contributed by atoms with E-state index in [0.717, 1.165) is 5.56 Å². The lowest BCUT2D eigenvalue weighted by molar-refractivity contribution is 0.0435. The highest BCUT2D eigenvalue weighted by atomic mass is 16.5. The minimum atomic E-state index is -0.582. The summed E-state index contributed by atoms with van der Waals surface area (Å²) in [6.45, 7) is 2.24. The van der Waals surface area contributed by atoms with E-state index in [9.17, 15) is 9.59 Å². The van der Waals surface area contributed by atoms with Gasteiger partial charge in [0, 0.05) is 12.5 Å². The number of furan rings is 1. The molecule has 0 atom stereocenters. The zero-order valence-electron chi connectivity index (χ0n) is 15.2. The molecule has 0 aliphatic rings. The van der Waals surface area contributed by atoms with E-state index < -0.39 is 11.9 Å². The third-order valence-electron chi connectivity index (χ3n) is 3.98. The molecule has 6 nitrogen and oxygen atoms in total. The third kappa shape index (κ3) is 4.17. The lowest BCUT2D eigenvalue weighted by atomic mass is 10.1. The second-order valence-corrected chi connectivity index (χ2v) is 5.84. The summed E-state index contributed by atoms with van der Waals surface area (Å²) < 4.78 is 21.2. The smallest absolute Gasteiger partial charge is 0.374 e. The Labute approximate surface area is 156 Å². The molecule has 0 saturated heterocycles. The number of para-hydroxylation sites is 1. The number of hydrogen-bond donors (Lipinski definition) is 0. The van der Waals surface area contributed by atoms with E-state index in [1.165, 1.54) is 0 Å². The molecular formula is C21H20O6. The first-order chi connectivity index (χ1) is 13.1. The molecule has 0 fully saturated rings. The van der Waals surface area contributed by atoms with Gasteiger partial charge in [-0.25, -0.2) is 9.59 Å². The summed E-state index contributed by atoms with van der Waals surface area (Å²) in [5, 5.41) is 0.710. The Bertz CT molecular complexity index is 956. The van der Waals surface area contributed by atoms with Crippen LogP contribution in [0.15, 0.2) is 52.9 Å². The van der Waals surface area contributed by atoms with E-state index in [4.69, 9.17) is 18.6 Å². The lowest BCUT2D eigenvalue weighted by Crippen LogP contribution is -2.10. The molecule has 0 aliphatic carbocycles. The fourth-order valence-corrected chi connectivity index (χ4v) is 2.78. The Morgan fingerprint density at radius 1 is 0.963 bits per heavy atom. The van der Waals surface area contributed by atoms with Crippen molar-refractivity contribution in [2.75, 3.05) is 13.7 Å². The van der Waals surface area contributed by atoms with Crippen molar-refractivity contribution in [2.45, 2.75) is 20.1 Å². The van der Waals surface area contributed by atoms with Crippen LogP contribution in [-0.2, 0) is 27.4 Å². The van der Waals surface area contributed by atoms with Gasteiger partial charge in [-0.2, -0.15) is 0 Å². The van der Waals surface area contributed by atoms with Crippen LogP contribution in [0.4, 0.5) is 0 Å². The molecule has 3 rings (SSSR count). The quantitative estimate of drug-likeness (QED) is 0.584. The first-order valence-electron chi connectivity index (χ1n) is 8.56. The van der Waals surface area contributed by atoms with Crippen molar-refractivity contribution < 1.29 is 28.2 Å². The van der Waals surface area contributed by atoms with Gasteiger partial charge in [0.2, 0.25) is 5.76 Å². The summed E-state index contributed by atoms with van der Waals surface area (Å²) in [5.41, 5.74) is 2.31. The maximum atomic E-state index is 12.4. The highest BCUT2D eigenvalue weighted by molar-refractivity contribution is 5.96. The van der Waals surface area contributed by atoms with Crippen LogP contribution in [0.1, 0.15) is 39.0 Å². The van der Waals surface area contributed by atoms with Crippen molar-refractivity contribution in [2.24, 2.45) is 0 Å². The van der Waals surface area contributed by atoms with Gasteiger partial charge in [-0.1, -0.05) is 30.3 Å². The summed E-state index contributed by atoms with van der Waals surface area (Å²) in [4.78, 5) is 24.6. The maximum Gasteiger partial charge on any atom is 0.374 e. The number of esters is 2. The summed E-state index contributed by atoms with van der Waals surface area (Å²) in [7, 11) is 1.59. The van der Waals surface area contributed by atoms with Gasteiger partial charge in [0.25, 0.3) is 0 Å². The molecule has 27 heavy (non-hydrogen) atoms. The molecule has 0 spiro atoms. The molecule has 3 aromatic rings. The average Bonchev–Trinajstić information content (AvgIpc) is 3.05. The van der Waals surface area contributed by atoms with Crippen LogP contribution >= 0.6 is 0 Å². The SMILES string of the molecule is CCOC(=O)c1oc2ccccc2c1COC(=O)c1cccc(COC)c1. The molecular weight excluding hydrogens is 348 g/mol. The highest BCUT2D eigenvalue weighted by Crippen LogP contribution is 2.27. The normalized spacial score (nSPS) is 10.7. The van der Waals surface area contributed by atoms with Gasteiger partial charge in [-0.05, 0) is 30.7 Å². The van der Waals surface area contributed by atoms with Crippen molar-refractivity contribution in [3.05, 3.63) is 71.0 Å². The van der Waals surface area contributed by atoms with Gasteiger partial charge < -0.3 is 18.6 Å². The molecule has 0 aliphatic heterocycles. The van der Waals surface area contributed by atoms with E-state index in [1.54, 1.807) is 44.4 Å². The number of rotatable bonds is 7. The van der Waals surface area contributed by atoms with Crippen molar-refractivity contribution in [1.82, 2.24) is 0 Å². The zero-order valence-corrected chi connectivity index (χ0v) is 15.2. The van der Waals surface area contributed by atoms with Crippen LogP contribution in [-0.4, -0.2) is 25.7 Å². The standard InChI is InChI=1S/C21H20O6/c1-3-25-21(23)19-17(16-9-4-5-10-18(16)27-19)13-26-20(22)15-8-6-7-14(11-15)12-24-2/h4-11H,3,12-13H2,1-2H3. The van der Waals surface area contributed by atoms with E-state index in [1.807, 2.05) is 18.2 Å². The predicted molar refractivity (Wildman–Crippen MR) is 98.4 cm³/mol. The molecule has 0 N–H and O–H groups in total. The van der Waals surface area contributed by atoms with Crippen LogP contribution in [0, 0.1) is 0 Å². The van der Waals surface area contributed by atoms with Gasteiger partial charge in [0.1, 0.15) is 12.2 Å². The Kier molecular flexibility index (Phi) is 5.88. The third-order valence-corrected chi connectivity index (χ3v) is 3.98. The first-order valence-corrected chi connectivity index (χ1v) is 8.56. The van der Waals surface area contributed by atoms with Crippen LogP contribution in [0.3, 0.4) is 0 Å². The number of benzene rings is 2. The molecule has 140 valence electrons. The molecule has 0 radical (unpaired) electrons. The Morgan fingerprint density at radius 2 is 1.78 bits per heavy atom. The van der Waals surface area contributed by atoms with E-state index >= 15 is 0 Å². The summed E-state index contributed by atoms with van der Waals surface area (Å²) >= 11 is 0. The maximum absolute atomic E-state index is 12.4. The van der Waals surface area contributed by atoms with Crippen LogP contribution in [0.5, 0.6) is 0 Å². The number of ether oxygens (including phenoxy) is 3. The van der Waals surface area contributed by atoms with Crippen molar-refractivity contribution in [3.63, 3.8) is 0 Å². The van der Waals surface area contributed by atoms with Crippen LogP contribution < -0.4 is 0 Å². The Morgan fingerprint density at radius 3 is 2.56 bits per heavy atom. The van der Waals surface area contributed by atoms with Crippen molar-refractivity contribution in [1.29, 1.82) is 0 Å². The summed E-state index contributed by atoms with van der Waals surface area (Å²) in [6.07, 6.45) is 0. The molecule has 1 aromatic heterocycles. The molecule has 0 saturated carbocycles. The second-order valence-electron chi connectivity index (χ2n) is 5.84. The minimum Gasteiger partial charge on any atom is -0.460 e. The van der Waals surface area contributed by atoms with Gasteiger partial charge in [-0.15, -0.1) is 0 Å². The number of carbonyl (C=O) groups excluding carboxylic acids is 2. The van der Waals surface area contributed by atoms with Gasteiger partial charge in [-0.3, -0.25) is 0 Å². The van der Waals surface area contributed by atoms with E-state index in [2.05, 4.69) is 0 Å². The predicted octanol–water partition coefficient (Wildman–Crippen LogP) is 4.11. The topological polar surface area (TPSA) is 75.0 Å². The number of methoxy groups -OCH3 is 1. The molecule has 0 unspecified atom stereocenters. The Balaban J connectivity index is 1.83. The minimum absolute atomic E-state index is 0.0546. The summed E-state index contributed by atoms with van der Waals surface area (Å²) in [5.74, 6) is -1.02. The van der Waals surface area contributed by atoms with Gasteiger partial charge in [0.15, 0.2) is 0 Å². The number of hydrogen-bond acceptors (Lipinski definition) is 6. The van der Waals surface area contributed by atoms with Gasteiger partial charge >= 0.3 is 11.9 Å². The molecule has 2 aromatic carbocycles. The first kappa shape index (κ1) is 18.7. The van der Waals surface area contributed by atoms with E-state index in [0.29, 0.717) is 28.7 Å². The zero-order chi connectivity index (χ0) is 19.2. The fourth-order valence-electron chi connectivity index (χ4n) is 2.78. The molecule has 1 heterocycles. The molecule has 0 bridgehead atoms. The largest absolute Gasteiger partial charge is 0.460 e. The second kappa shape index (κ2) is 8.51. The van der Waals surface area contributed by atoms with Crippen molar-refractivity contribution in [3.8, 4) is 0 Å². The van der Waals surface area contributed by atoms with Gasteiger partial charge in [0.05, 0.1) is 24.3 Å². The van der Waals surface area contributed by atoms with Crippen LogP contribution in [0.2, 0.25) is 0 Å². The number of fused-ring (bicyclic) bond motifs is 1. The molecule has 6 heteroatoms. The lowest BCUT2D eigenvalue weighted by Gasteiger charge is -2.07. The fraction of sp³-hybridized carbons (Fsp3) is 0.238. The Hall–Kier alpha value is -3.12. The monoisotopic (exact) mass is 368 g/mol. The van der Waals surface area contributed by atoms with E-state index in [-0.39, 0.29) is 19.0 Å². The van der Waals surface area contributed by atoms with Crippen molar-refractivity contribution >= 4 is 22.9 Å². The highest BCUT2D eigenvalue weighted by Gasteiger charge is 2.23. The molecule has 0 amide bonds. The summed E-state index contributed by atoms with van der Waals surface area (Å²) in [6, 6.07) is 14.2. The van der Waals surface area contributed by atoms with Crippen LogP contribution in [0.25, 0.3) is 11.0 Å². The number of carbonyl (C=O) groups is 2.